The van der Waals surface area contributed by atoms with Gasteiger partial charge >= 0.3 is 0 Å². The molecule has 8 nitrogen and oxygen atoms in total. The number of nitrogens with two attached hydrogens (primary N) is 2. The molecule has 0 aliphatic carbocycles. The first-order valence-electron chi connectivity index (χ1n) is 10.1. The highest BCUT2D eigenvalue weighted by molar-refractivity contribution is 7.73. The summed E-state index contributed by atoms with van der Waals surface area (Å²) in [6.45, 7) is 0.398. The Kier molecular flexibility index (Phi) is 7.22. The van der Waals surface area contributed by atoms with E-state index in [1.54, 1.807) is 9.13 Å². The monoisotopic (exact) mass is 528 g/mol. The molecule has 0 saturated carbocycles. The molecule has 0 atom stereocenters. The lowest BCUT2D eigenvalue weighted by Crippen LogP contribution is -2.34. The predicted molar refractivity (Wildman–Crippen MR) is 142 cm³/mol. The van der Waals surface area contributed by atoms with Crippen LogP contribution in [0.3, 0.4) is 0 Å². The smallest absolute Gasteiger partial charge is 0.265 e. The van der Waals surface area contributed by atoms with Gasteiger partial charge in [0, 0.05) is 24.5 Å². The van der Waals surface area contributed by atoms with Gasteiger partial charge in [-0.05, 0) is 48.7 Å². The molecule has 4 aromatic rings. The highest BCUT2D eigenvalue weighted by Gasteiger charge is 2.19. The minimum absolute atomic E-state index is 0.199. The topological polar surface area (TPSA) is 120 Å². The Morgan fingerprint density at radius 1 is 0.706 bits per heavy atom. The van der Waals surface area contributed by atoms with Crippen LogP contribution >= 0.6 is 47.1 Å². The van der Waals surface area contributed by atoms with Gasteiger partial charge < -0.3 is 22.1 Å². The molecular weight excluding hydrogens is 509 g/mol. The van der Waals surface area contributed by atoms with Crippen molar-refractivity contribution in [3.05, 3.63) is 78.3 Å². The predicted octanol–water partition coefficient (Wildman–Crippen LogP) is 4.17. The van der Waals surface area contributed by atoms with Crippen LogP contribution in [-0.4, -0.2) is 34.0 Å². The molecule has 2 amide bonds. The fourth-order valence-electron chi connectivity index (χ4n) is 3.25. The molecule has 0 aliphatic heterocycles. The third kappa shape index (κ3) is 4.80. The molecule has 2 aromatic heterocycles. The number of nitrogens with zero attached hydrogens (tertiary/aromatic N) is 2. The standard InChI is InChI=1S/C22H20N6O2S4/c23-17-15(33-21(31)27(17)13-7-3-1-4-8-13)19(29)25-11-12-26-20(30)16-18(24)28(22(32)34-16)14-9-5-2-6-10-14/h1-10H,11-12,23-24H2,(H,25,29)(H,26,30). The average molecular weight is 529 g/mol. The van der Waals surface area contributed by atoms with Crippen LogP contribution in [0.15, 0.2) is 60.7 Å². The molecule has 174 valence electrons. The molecule has 2 heterocycles. The first-order valence-corrected chi connectivity index (χ1v) is 12.5. The average Bonchev–Trinajstić information content (AvgIpc) is 3.31. The van der Waals surface area contributed by atoms with Crippen molar-refractivity contribution in [2.75, 3.05) is 24.6 Å². The van der Waals surface area contributed by atoms with E-state index in [0.29, 0.717) is 17.7 Å². The van der Waals surface area contributed by atoms with Crippen LogP contribution in [0.1, 0.15) is 19.3 Å². The fraction of sp³-hybridized carbons (Fsp3) is 0.0909. The summed E-state index contributed by atoms with van der Waals surface area (Å²) in [7, 11) is 0. The van der Waals surface area contributed by atoms with E-state index in [1.165, 1.54) is 0 Å². The summed E-state index contributed by atoms with van der Waals surface area (Å²) >= 11 is 13.0. The second-order valence-electron chi connectivity index (χ2n) is 7.02. The normalized spacial score (nSPS) is 10.7. The Hall–Kier alpha value is -3.32. The van der Waals surface area contributed by atoms with Crippen LogP contribution in [-0.2, 0) is 0 Å². The summed E-state index contributed by atoms with van der Waals surface area (Å²) in [6, 6.07) is 18.7. The molecule has 34 heavy (non-hydrogen) atoms. The summed E-state index contributed by atoms with van der Waals surface area (Å²) in [5.41, 5.74) is 14.0. The van der Waals surface area contributed by atoms with Gasteiger partial charge in [-0.2, -0.15) is 0 Å². The van der Waals surface area contributed by atoms with Crippen molar-refractivity contribution in [1.82, 2.24) is 19.8 Å². The maximum absolute atomic E-state index is 12.6. The molecule has 0 fully saturated rings. The van der Waals surface area contributed by atoms with E-state index in [4.69, 9.17) is 35.9 Å². The molecule has 0 unspecified atom stereocenters. The number of hydrogen-bond acceptors (Lipinski definition) is 8. The van der Waals surface area contributed by atoms with Crippen LogP contribution in [0.2, 0.25) is 0 Å². The Balaban J connectivity index is 1.38. The van der Waals surface area contributed by atoms with Gasteiger partial charge in [0.15, 0.2) is 7.91 Å². The van der Waals surface area contributed by atoms with Crippen LogP contribution in [0.25, 0.3) is 11.4 Å². The second-order valence-corrected chi connectivity index (χ2v) is 10.3. The number of benzene rings is 2. The summed E-state index contributed by atoms with van der Waals surface area (Å²) in [5, 5.41) is 5.52. The van der Waals surface area contributed by atoms with E-state index in [-0.39, 0.29) is 36.5 Å². The number of nitrogen functional groups attached to an aromatic ring is 2. The molecule has 2 aromatic carbocycles. The Morgan fingerprint density at radius 2 is 1.06 bits per heavy atom. The zero-order valence-corrected chi connectivity index (χ0v) is 21.0. The number of hydrogen-bond donors (Lipinski definition) is 4. The van der Waals surface area contributed by atoms with Gasteiger partial charge in [0.1, 0.15) is 21.4 Å². The van der Waals surface area contributed by atoms with E-state index in [1.807, 2.05) is 60.7 Å². The van der Waals surface area contributed by atoms with Crippen LogP contribution in [0, 0.1) is 7.91 Å². The van der Waals surface area contributed by atoms with E-state index >= 15 is 0 Å². The molecule has 0 bridgehead atoms. The van der Waals surface area contributed by atoms with Gasteiger partial charge in [0.2, 0.25) is 0 Å². The van der Waals surface area contributed by atoms with E-state index in [0.717, 1.165) is 34.0 Å². The lowest BCUT2D eigenvalue weighted by molar-refractivity contribution is 0.0932. The van der Waals surface area contributed by atoms with Gasteiger partial charge in [-0.3, -0.25) is 18.7 Å². The number of carbonyl (C=O) groups excluding carboxylic acids is 2. The van der Waals surface area contributed by atoms with Crippen molar-refractivity contribution in [2.45, 2.75) is 0 Å². The van der Waals surface area contributed by atoms with E-state index in [2.05, 4.69) is 10.6 Å². The van der Waals surface area contributed by atoms with Crippen LogP contribution in [0.5, 0.6) is 0 Å². The fourth-order valence-corrected chi connectivity index (χ4v) is 5.82. The quantitative estimate of drug-likeness (QED) is 0.211. The SMILES string of the molecule is Nc1c(C(=O)NCCNC(=O)c2sc(=S)n(-c3ccccc3)c2N)sc(=S)n1-c1ccccc1. The molecule has 6 N–H and O–H groups in total. The van der Waals surface area contributed by atoms with Crippen molar-refractivity contribution >= 4 is 70.6 Å². The molecule has 0 saturated heterocycles. The van der Waals surface area contributed by atoms with Crippen molar-refractivity contribution in [3.8, 4) is 11.4 Å². The largest absolute Gasteiger partial charge is 0.383 e. The summed E-state index contributed by atoms with van der Waals surface area (Å²) in [6.07, 6.45) is 0. The number of aromatic nitrogens is 2. The van der Waals surface area contributed by atoms with Gasteiger partial charge in [-0.15, -0.1) is 0 Å². The maximum atomic E-state index is 12.6. The van der Waals surface area contributed by atoms with Crippen LogP contribution in [0.4, 0.5) is 11.6 Å². The van der Waals surface area contributed by atoms with Gasteiger partial charge in [0.05, 0.1) is 0 Å². The molecule has 0 aliphatic rings. The van der Waals surface area contributed by atoms with Gasteiger partial charge in [-0.25, -0.2) is 0 Å². The Morgan fingerprint density at radius 3 is 1.41 bits per heavy atom. The van der Waals surface area contributed by atoms with Gasteiger partial charge in [0.25, 0.3) is 11.8 Å². The Bertz CT molecular complexity index is 1340. The summed E-state index contributed by atoms with van der Waals surface area (Å²) in [4.78, 5) is 25.9. The molecule has 0 spiro atoms. The summed E-state index contributed by atoms with van der Waals surface area (Å²) < 4.78 is 4.26. The molecule has 4 rings (SSSR count). The zero-order chi connectivity index (χ0) is 24.2. The first kappa shape index (κ1) is 23.8. The van der Waals surface area contributed by atoms with Crippen molar-refractivity contribution in [2.24, 2.45) is 0 Å². The van der Waals surface area contributed by atoms with Crippen molar-refractivity contribution in [3.63, 3.8) is 0 Å². The van der Waals surface area contributed by atoms with Gasteiger partial charge in [-0.1, -0.05) is 59.1 Å². The number of amides is 2. The second kappa shape index (κ2) is 10.3. The third-order valence-corrected chi connectivity index (χ3v) is 7.61. The number of para-hydroxylation sites is 2. The van der Waals surface area contributed by atoms with Crippen LogP contribution < -0.4 is 22.1 Å². The third-order valence-electron chi connectivity index (χ3n) is 4.83. The minimum atomic E-state index is -0.358. The van der Waals surface area contributed by atoms with E-state index < -0.39 is 0 Å². The van der Waals surface area contributed by atoms with E-state index in [9.17, 15) is 9.59 Å². The lowest BCUT2D eigenvalue weighted by Gasteiger charge is -2.08. The van der Waals surface area contributed by atoms with Crippen molar-refractivity contribution < 1.29 is 9.59 Å². The zero-order valence-electron chi connectivity index (χ0n) is 17.7. The Labute approximate surface area is 213 Å². The minimum Gasteiger partial charge on any atom is -0.383 e. The number of carbonyl (C=O) groups is 2. The molecule has 12 heteroatoms. The lowest BCUT2D eigenvalue weighted by atomic mass is 10.3. The van der Waals surface area contributed by atoms with Crippen molar-refractivity contribution in [1.29, 1.82) is 0 Å². The molecular formula is C22H20N6O2S4. The highest BCUT2D eigenvalue weighted by atomic mass is 32.2. The highest BCUT2D eigenvalue weighted by Crippen LogP contribution is 2.27. The number of anilines is 2. The number of thiazole rings is 2. The number of nitrogens with one attached hydrogen (secondary N) is 2. The number of rotatable bonds is 7. The molecule has 0 radical (unpaired) electrons. The first-order chi connectivity index (χ1) is 16.4. The maximum Gasteiger partial charge on any atom is 0.265 e. The summed E-state index contributed by atoms with van der Waals surface area (Å²) in [5.74, 6) is -0.166.